The standard InChI is InChI=1S/C24H29ClF2N6O3/c1-13(31-17-8-15(25)11-29-12-17)23(36)33-18-4-5-19(24(26,27)9-18)20(33)22(35)32-16(10-28)7-14-3-2-6-30-21(14)34/h8,11-14,16,18-20,31H,2-7,9H2,1H3,(H,30,34)(H,32,35)/t13-,14+,16+,18-,19-,20+/m1/s1. The van der Waals surface area contributed by atoms with Gasteiger partial charge in [-0.1, -0.05) is 11.6 Å². The maximum Gasteiger partial charge on any atom is 0.255 e. The molecule has 0 radical (unpaired) electrons. The molecule has 4 aliphatic rings. The molecular formula is C24H29ClF2N6O3. The predicted octanol–water partition coefficient (Wildman–Crippen LogP) is 2.47. The topological polar surface area (TPSA) is 127 Å². The van der Waals surface area contributed by atoms with E-state index in [0.717, 1.165) is 6.42 Å². The minimum atomic E-state index is -3.11. The lowest BCUT2D eigenvalue weighted by Gasteiger charge is -2.54. The van der Waals surface area contributed by atoms with Crippen LogP contribution in [-0.4, -0.2) is 64.2 Å². The van der Waals surface area contributed by atoms with Crippen molar-refractivity contribution < 1.29 is 23.2 Å². The number of carbonyl (C=O) groups excluding carboxylic acids is 3. The van der Waals surface area contributed by atoms with E-state index in [9.17, 15) is 28.4 Å². The Labute approximate surface area is 212 Å². The number of rotatable bonds is 7. The van der Waals surface area contributed by atoms with Gasteiger partial charge >= 0.3 is 0 Å². The summed E-state index contributed by atoms with van der Waals surface area (Å²) in [5.74, 6) is -6.39. The third kappa shape index (κ3) is 5.38. The Morgan fingerprint density at radius 3 is 2.81 bits per heavy atom. The van der Waals surface area contributed by atoms with Gasteiger partial charge in [0, 0.05) is 31.1 Å². The number of anilines is 1. The molecule has 36 heavy (non-hydrogen) atoms. The Hall–Kier alpha value is -3.00. The fraction of sp³-hybridized carbons (Fsp3) is 0.625. The van der Waals surface area contributed by atoms with Gasteiger partial charge in [-0.05, 0) is 45.1 Å². The molecule has 1 aromatic heterocycles. The zero-order valence-corrected chi connectivity index (χ0v) is 20.6. The van der Waals surface area contributed by atoms with E-state index < -0.39 is 60.2 Å². The van der Waals surface area contributed by atoms with Crippen LogP contribution in [0.2, 0.25) is 5.02 Å². The van der Waals surface area contributed by atoms with E-state index in [1.54, 1.807) is 13.0 Å². The number of carbonyl (C=O) groups is 3. The number of hydrogen-bond acceptors (Lipinski definition) is 6. The predicted molar refractivity (Wildman–Crippen MR) is 127 cm³/mol. The normalized spacial score (nSPS) is 28.4. The van der Waals surface area contributed by atoms with Crippen LogP contribution >= 0.6 is 11.6 Å². The van der Waals surface area contributed by atoms with E-state index >= 15 is 0 Å². The van der Waals surface area contributed by atoms with Crippen LogP contribution < -0.4 is 16.0 Å². The lowest BCUT2D eigenvalue weighted by Crippen LogP contribution is -2.70. The molecule has 12 heteroatoms. The van der Waals surface area contributed by atoms with Crippen molar-refractivity contribution in [3.05, 3.63) is 23.5 Å². The largest absolute Gasteiger partial charge is 0.373 e. The number of amides is 3. The zero-order valence-electron chi connectivity index (χ0n) is 19.8. The molecule has 2 bridgehead atoms. The number of nitrogens with one attached hydrogen (secondary N) is 3. The molecule has 3 aliphatic heterocycles. The summed E-state index contributed by atoms with van der Waals surface area (Å²) in [6.45, 7) is 2.14. The Kier molecular flexibility index (Phi) is 7.64. The van der Waals surface area contributed by atoms with E-state index in [0.29, 0.717) is 30.1 Å². The van der Waals surface area contributed by atoms with Crippen LogP contribution in [0.5, 0.6) is 0 Å². The number of alkyl halides is 2. The number of nitrogens with zero attached hydrogens (tertiary/aromatic N) is 3. The number of pyridine rings is 1. The summed E-state index contributed by atoms with van der Waals surface area (Å²) in [4.78, 5) is 44.2. The fourth-order valence-electron chi connectivity index (χ4n) is 5.60. The summed E-state index contributed by atoms with van der Waals surface area (Å²) in [5.41, 5.74) is 0.479. The number of aromatic nitrogens is 1. The summed E-state index contributed by atoms with van der Waals surface area (Å²) >= 11 is 5.96. The summed E-state index contributed by atoms with van der Waals surface area (Å²) in [7, 11) is 0. The van der Waals surface area contributed by atoms with E-state index in [1.165, 1.54) is 17.3 Å². The number of nitriles is 1. The van der Waals surface area contributed by atoms with Gasteiger partial charge in [0.25, 0.3) is 5.92 Å². The molecule has 6 atom stereocenters. The molecule has 1 aliphatic carbocycles. The van der Waals surface area contributed by atoms with Crippen LogP contribution in [0, 0.1) is 23.2 Å². The Balaban J connectivity index is 1.52. The highest BCUT2D eigenvalue weighted by Crippen LogP contribution is 2.49. The Morgan fingerprint density at radius 2 is 2.14 bits per heavy atom. The Bertz CT molecular complexity index is 1070. The van der Waals surface area contributed by atoms with Gasteiger partial charge in [-0.3, -0.25) is 19.4 Å². The van der Waals surface area contributed by atoms with Crippen LogP contribution in [0.3, 0.4) is 0 Å². The van der Waals surface area contributed by atoms with Gasteiger partial charge < -0.3 is 20.9 Å². The van der Waals surface area contributed by atoms with Crippen LogP contribution in [0.25, 0.3) is 0 Å². The van der Waals surface area contributed by atoms with Crippen molar-refractivity contribution in [3.63, 3.8) is 0 Å². The zero-order chi connectivity index (χ0) is 26.0. The first-order valence-electron chi connectivity index (χ1n) is 12.2. The second kappa shape index (κ2) is 10.5. The molecule has 0 aromatic carbocycles. The van der Waals surface area contributed by atoms with Crippen molar-refractivity contribution in [2.45, 2.75) is 75.5 Å². The van der Waals surface area contributed by atoms with Gasteiger partial charge in [-0.2, -0.15) is 5.26 Å². The Morgan fingerprint density at radius 1 is 1.36 bits per heavy atom. The highest BCUT2D eigenvalue weighted by molar-refractivity contribution is 6.30. The van der Waals surface area contributed by atoms with Gasteiger partial charge in [-0.15, -0.1) is 0 Å². The molecule has 0 spiro atoms. The summed E-state index contributed by atoms with van der Waals surface area (Å²) in [5, 5.41) is 18.3. The molecule has 1 aromatic rings. The van der Waals surface area contributed by atoms with E-state index in [4.69, 9.17) is 11.6 Å². The van der Waals surface area contributed by atoms with Crippen molar-refractivity contribution in [3.8, 4) is 6.07 Å². The molecule has 1 saturated carbocycles. The molecule has 194 valence electrons. The fourth-order valence-corrected chi connectivity index (χ4v) is 5.77. The highest BCUT2D eigenvalue weighted by atomic mass is 35.5. The third-order valence-corrected chi connectivity index (χ3v) is 7.52. The SMILES string of the molecule is C[C@@H](Nc1cncc(Cl)c1)C(=O)N1[C@@H]2CC[C@H]([C@H]1C(=O)N[C@H](C#N)C[C@@H]1CCCNC1=O)C(F)(F)C2. The maximum absolute atomic E-state index is 14.9. The molecular weight excluding hydrogens is 494 g/mol. The minimum Gasteiger partial charge on any atom is -0.373 e. The quantitative estimate of drug-likeness (QED) is 0.505. The average molecular weight is 523 g/mol. The summed E-state index contributed by atoms with van der Waals surface area (Å²) in [6.07, 6.45) is 4.30. The van der Waals surface area contributed by atoms with Gasteiger partial charge in [-0.25, -0.2) is 8.78 Å². The first-order valence-corrected chi connectivity index (χ1v) is 12.5. The maximum atomic E-state index is 14.9. The molecule has 3 amide bonds. The van der Waals surface area contributed by atoms with Crippen molar-refractivity contribution in [2.75, 3.05) is 11.9 Å². The molecule has 3 N–H and O–H groups in total. The monoisotopic (exact) mass is 522 g/mol. The number of hydrogen-bond donors (Lipinski definition) is 3. The number of halogens is 3. The molecule has 4 heterocycles. The number of piperidine rings is 3. The lowest BCUT2D eigenvalue weighted by atomic mass is 9.71. The smallest absolute Gasteiger partial charge is 0.255 e. The van der Waals surface area contributed by atoms with E-state index in [2.05, 4.69) is 20.9 Å². The molecule has 4 fully saturated rings. The summed E-state index contributed by atoms with van der Waals surface area (Å²) < 4.78 is 29.8. The van der Waals surface area contributed by atoms with Gasteiger partial charge in [0.1, 0.15) is 18.1 Å². The summed E-state index contributed by atoms with van der Waals surface area (Å²) in [6, 6.07) is -0.547. The van der Waals surface area contributed by atoms with Crippen molar-refractivity contribution in [1.82, 2.24) is 20.5 Å². The highest BCUT2D eigenvalue weighted by Gasteiger charge is 2.60. The van der Waals surface area contributed by atoms with E-state index in [-0.39, 0.29) is 18.7 Å². The minimum absolute atomic E-state index is 0.0823. The molecule has 9 nitrogen and oxygen atoms in total. The first kappa shape index (κ1) is 26.1. The van der Waals surface area contributed by atoms with Gasteiger partial charge in [0.05, 0.1) is 28.9 Å². The number of fused-ring (bicyclic) bond motifs is 3. The second-order valence-electron chi connectivity index (χ2n) is 9.81. The van der Waals surface area contributed by atoms with Gasteiger partial charge in [0.2, 0.25) is 17.7 Å². The van der Waals surface area contributed by atoms with Crippen LogP contribution in [0.4, 0.5) is 14.5 Å². The van der Waals surface area contributed by atoms with Gasteiger partial charge in [0.15, 0.2) is 0 Å². The van der Waals surface area contributed by atoms with Crippen LogP contribution in [-0.2, 0) is 14.4 Å². The molecule has 5 rings (SSSR count). The average Bonchev–Trinajstić information content (AvgIpc) is 2.83. The van der Waals surface area contributed by atoms with Crippen molar-refractivity contribution in [2.24, 2.45) is 11.8 Å². The first-order chi connectivity index (χ1) is 17.1. The van der Waals surface area contributed by atoms with Crippen LogP contribution in [0.1, 0.15) is 45.4 Å². The lowest BCUT2D eigenvalue weighted by molar-refractivity contribution is -0.194. The second-order valence-corrected chi connectivity index (χ2v) is 10.2. The van der Waals surface area contributed by atoms with E-state index in [1.807, 2.05) is 6.07 Å². The van der Waals surface area contributed by atoms with Crippen LogP contribution in [0.15, 0.2) is 18.5 Å². The van der Waals surface area contributed by atoms with Crippen molar-refractivity contribution >= 4 is 35.0 Å². The molecule has 3 saturated heterocycles. The van der Waals surface area contributed by atoms with Crippen molar-refractivity contribution in [1.29, 1.82) is 5.26 Å². The molecule has 0 unspecified atom stereocenters. The third-order valence-electron chi connectivity index (χ3n) is 7.31.